The molecule has 7 rings (SSSR count). The van der Waals surface area contributed by atoms with Crippen LogP contribution in [-0.4, -0.2) is 34.4 Å². The smallest absolute Gasteiger partial charge is 0.255 e. The molecule has 0 atom stereocenters. The molecule has 41 heavy (non-hydrogen) atoms. The maximum absolute atomic E-state index is 13.0. The predicted octanol–water partition coefficient (Wildman–Crippen LogP) is 6.19. The Labute approximate surface area is 238 Å². The molecule has 3 heterocycles. The molecule has 7 nitrogen and oxygen atoms in total. The van der Waals surface area contributed by atoms with Gasteiger partial charge in [0.2, 0.25) is 0 Å². The zero-order valence-corrected chi connectivity index (χ0v) is 22.7. The van der Waals surface area contributed by atoms with Crippen molar-refractivity contribution in [1.29, 1.82) is 0 Å². The van der Waals surface area contributed by atoms with Gasteiger partial charge in [-0.15, -0.1) is 0 Å². The Hall–Kier alpha value is -5.04. The molecule has 1 aliphatic heterocycles. The van der Waals surface area contributed by atoms with Gasteiger partial charge in [0.25, 0.3) is 11.8 Å². The van der Waals surface area contributed by atoms with E-state index in [1.807, 2.05) is 66.7 Å². The van der Waals surface area contributed by atoms with Gasteiger partial charge in [0, 0.05) is 47.4 Å². The second-order valence-corrected chi connectivity index (χ2v) is 10.7. The van der Waals surface area contributed by atoms with E-state index in [4.69, 9.17) is 4.98 Å². The van der Waals surface area contributed by atoms with E-state index in [1.165, 1.54) is 0 Å². The van der Waals surface area contributed by atoms with Crippen LogP contribution in [0.4, 0.5) is 11.4 Å². The summed E-state index contributed by atoms with van der Waals surface area (Å²) in [5, 5.41) is 10.5. The number of nitrogens with zero attached hydrogens (tertiary/aromatic N) is 2. The third kappa shape index (κ3) is 4.91. The van der Waals surface area contributed by atoms with Gasteiger partial charge >= 0.3 is 0 Å². The SMILES string of the molecule is Cc1ccc(C(=O)NC2CC2)cc1-c1cccc(-c2cc(Nc3cccc4ncccc34)c3c(n2)CCNC3=O)c1. The molecule has 3 N–H and O–H groups in total. The normalized spacial score (nSPS) is 14.3. The second-order valence-electron chi connectivity index (χ2n) is 10.7. The minimum Gasteiger partial charge on any atom is -0.354 e. The third-order valence-electron chi connectivity index (χ3n) is 7.77. The first-order valence-corrected chi connectivity index (χ1v) is 14.0. The molecule has 202 valence electrons. The van der Waals surface area contributed by atoms with Gasteiger partial charge < -0.3 is 16.0 Å². The van der Waals surface area contributed by atoms with Crippen molar-refractivity contribution in [2.45, 2.75) is 32.2 Å². The summed E-state index contributed by atoms with van der Waals surface area (Å²) >= 11 is 0. The van der Waals surface area contributed by atoms with E-state index in [2.05, 4.69) is 40.0 Å². The predicted molar refractivity (Wildman–Crippen MR) is 161 cm³/mol. The molecule has 2 amide bonds. The lowest BCUT2D eigenvalue weighted by Gasteiger charge is -2.22. The molecular formula is C34H29N5O2. The van der Waals surface area contributed by atoms with E-state index in [0.717, 1.165) is 63.1 Å². The molecule has 5 aromatic rings. The highest BCUT2D eigenvalue weighted by Gasteiger charge is 2.25. The van der Waals surface area contributed by atoms with Crippen LogP contribution in [-0.2, 0) is 6.42 Å². The first-order chi connectivity index (χ1) is 20.0. The van der Waals surface area contributed by atoms with E-state index >= 15 is 0 Å². The molecule has 2 aliphatic rings. The van der Waals surface area contributed by atoms with Crippen LogP contribution < -0.4 is 16.0 Å². The van der Waals surface area contributed by atoms with Gasteiger partial charge in [-0.3, -0.25) is 19.6 Å². The summed E-state index contributed by atoms with van der Waals surface area (Å²) in [6, 6.07) is 26.2. The fourth-order valence-corrected chi connectivity index (χ4v) is 5.44. The molecular weight excluding hydrogens is 510 g/mol. The number of nitrogens with one attached hydrogen (secondary N) is 3. The van der Waals surface area contributed by atoms with Crippen LogP contribution in [0.2, 0.25) is 0 Å². The molecule has 0 saturated heterocycles. The van der Waals surface area contributed by atoms with Crippen LogP contribution in [0.5, 0.6) is 0 Å². The zero-order chi connectivity index (χ0) is 27.9. The summed E-state index contributed by atoms with van der Waals surface area (Å²) < 4.78 is 0. The lowest BCUT2D eigenvalue weighted by Crippen LogP contribution is -2.33. The molecule has 3 aromatic carbocycles. The fraction of sp³-hybridized carbons (Fsp3) is 0.176. The first kappa shape index (κ1) is 25.0. The van der Waals surface area contributed by atoms with Crippen LogP contribution in [0, 0.1) is 6.92 Å². The first-order valence-electron chi connectivity index (χ1n) is 14.0. The Morgan fingerprint density at radius 3 is 2.66 bits per heavy atom. The van der Waals surface area contributed by atoms with E-state index < -0.39 is 0 Å². The highest BCUT2D eigenvalue weighted by Crippen LogP contribution is 2.34. The maximum Gasteiger partial charge on any atom is 0.255 e. The molecule has 1 fully saturated rings. The minimum absolute atomic E-state index is 0.0288. The van der Waals surface area contributed by atoms with E-state index in [-0.39, 0.29) is 11.8 Å². The number of benzene rings is 3. The van der Waals surface area contributed by atoms with Crippen LogP contribution in [0.3, 0.4) is 0 Å². The second kappa shape index (κ2) is 10.2. The third-order valence-corrected chi connectivity index (χ3v) is 7.77. The average molecular weight is 540 g/mol. The average Bonchev–Trinajstić information content (AvgIpc) is 3.81. The van der Waals surface area contributed by atoms with E-state index in [1.54, 1.807) is 6.20 Å². The Morgan fingerprint density at radius 1 is 0.927 bits per heavy atom. The number of amides is 2. The number of hydrogen-bond acceptors (Lipinski definition) is 5. The summed E-state index contributed by atoms with van der Waals surface area (Å²) in [6.07, 6.45) is 4.53. The number of carbonyl (C=O) groups is 2. The highest BCUT2D eigenvalue weighted by molar-refractivity contribution is 6.04. The van der Waals surface area contributed by atoms with Crippen molar-refractivity contribution in [3.63, 3.8) is 0 Å². The molecule has 0 bridgehead atoms. The maximum atomic E-state index is 13.0. The van der Waals surface area contributed by atoms with Gasteiger partial charge in [0.15, 0.2) is 0 Å². The number of pyridine rings is 2. The molecule has 0 spiro atoms. The van der Waals surface area contributed by atoms with Crippen LogP contribution in [0.15, 0.2) is 85.1 Å². The largest absolute Gasteiger partial charge is 0.354 e. The quantitative estimate of drug-likeness (QED) is 0.239. The van der Waals surface area contributed by atoms with Gasteiger partial charge in [-0.05, 0) is 85.0 Å². The van der Waals surface area contributed by atoms with Crippen molar-refractivity contribution in [2.75, 3.05) is 11.9 Å². The Kier molecular flexibility index (Phi) is 6.19. The molecule has 0 unspecified atom stereocenters. The van der Waals surface area contributed by atoms with Crippen LogP contribution in [0.1, 0.15) is 44.8 Å². The summed E-state index contributed by atoms with van der Waals surface area (Å²) in [4.78, 5) is 35.2. The van der Waals surface area contributed by atoms with Gasteiger partial charge in [-0.2, -0.15) is 0 Å². The Balaban J connectivity index is 1.30. The number of hydrogen-bond donors (Lipinski definition) is 3. The lowest BCUT2D eigenvalue weighted by atomic mass is 9.95. The van der Waals surface area contributed by atoms with E-state index in [0.29, 0.717) is 35.8 Å². The highest BCUT2D eigenvalue weighted by atomic mass is 16.2. The molecule has 1 aliphatic carbocycles. The Bertz CT molecular complexity index is 1840. The number of anilines is 2. The summed E-state index contributed by atoms with van der Waals surface area (Å²) in [5.41, 5.74) is 9.28. The summed E-state index contributed by atoms with van der Waals surface area (Å²) in [6.45, 7) is 2.61. The van der Waals surface area contributed by atoms with Crippen molar-refractivity contribution in [3.8, 4) is 22.4 Å². The number of aryl methyl sites for hydroxylation is 1. The monoisotopic (exact) mass is 539 g/mol. The van der Waals surface area contributed by atoms with Crippen molar-refractivity contribution < 1.29 is 9.59 Å². The molecule has 1 saturated carbocycles. The standard InChI is InChI=1S/C34H29N5O2/c1-20-10-11-23(33(40)37-24-12-13-24)18-26(20)21-5-2-6-22(17-21)30-19-31(32-29(39-30)14-16-36-34(32)41)38-28-9-3-8-27-25(28)7-4-15-35-27/h2-11,15,17-19,24H,12-14,16H2,1H3,(H,36,41)(H,37,40)(H,38,39). The minimum atomic E-state index is -0.128. The van der Waals surface area contributed by atoms with Gasteiger partial charge in [0.05, 0.1) is 28.2 Å². The zero-order valence-electron chi connectivity index (χ0n) is 22.7. The number of carbonyl (C=O) groups excluding carboxylic acids is 2. The molecule has 7 heteroatoms. The number of rotatable bonds is 6. The number of aromatic nitrogens is 2. The Morgan fingerprint density at radius 2 is 1.78 bits per heavy atom. The fourth-order valence-electron chi connectivity index (χ4n) is 5.44. The number of fused-ring (bicyclic) bond motifs is 2. The van der Waals surface area contributed by atoms with Crippen molar-refractivity contribution in [3.05, 3.63) is 107 Å². The van der Waals surface area contributed by atoms with Crippen LogP contribution >= 0.6 is 0 Å². The van der Waals surface area contributed by atoms with Gasteiger partial charge in [0.1, 0.15) is 0 Å². The lowest BCUT2D eigenvalue weighted by molar-refractivity contribution is 0.0939. The van der Waals surface area contributed by atoms with Gasteiger partial charge in [-0.1, -0.05) is 30.3 Å². The summed E-state index contributed by atoms with van der Waals surface area (Å²) in [7, 11) is 0. The topological polar surface area (TPSA) is 96.0 Å². The van der Waals surface area contributed by atoms with Crippen molar-refractivity contribution >= 4 is 34.1 Å². The van der Waals surface area contributed by atoms with Crippen molar-refractivity contribution in [1.82, 2.24) is 20.6 Å². The van der Waals surface area contributed by atoms with E-state index in [9.17, 15) is 9.59 Å². The molecule has 0 radical (unpaired) electrons. The summed E-state index contributed by atoms with van der Waals surface area (Å²) in [5.74, 6) is -0.157. The van der Waals surface area contributed by atoms with Crippen molar-refractivity contribution in [2.24, 2.45) is 0 Å². The van der Waals surface area contributed by atoms with Gasteiger partial charge in [-0.25, -0.2) is 0 Å². The van der Waals surface area contributed by atoms with Crippen LogP contribution in [0.25, 0.3) is 33.3 Å². The molecule has 2 aromatic heterocycles.